The third-order valence-electron chi connectivity index (χ3n) is 4.90. The van der Waals surface area contributed by atoms with Crippen molar-refractivity contribution in [3.8, 4) is 11.5 Å². The predicted molar refractivity (Wildman–Crippen MR) is 102 cm³/mol. The van der Waals surface area contributed by atoms with Gasteiger partial charge in [-0.05, 0) is 43.9 Å². The molecule has 144 valence electrons. The highest BCUT2D eigenvalue weighted by Gasteiger charge is 2.39. The number of nitrogens with two attached hydrogens (primary N) is 1. The molecule has 1 aromatic carbocycles. The molecule has 0 amide bonds. The van der Waals surface area contributed by atoms with Crippen molar-refractivity contribution in [3.05, 3.63) is 29.6 Å². The van der Waals surface area contributed by atoms with Crippen LogP contribution in [0, 0.1) is 6.92 Å². The second-order valence-electron chi connectivity index (χ2n) is 6.50. The number of rotatable bonds is 6. The summed E-state index contributed by atoms with van der Waals surface area (Å²) in [6.07, 6.45) is 2.72. The van der Waals surface area contributed by atoms with E-state index in [0.717, 1.165) is 24.8 Å². The fourth-order valence-corrected chi connectivity index (χ4v) is 4.51. The van der Waals surface area contributed by atoms with Crippen LogP contribution in [0.5, 0.6) is 0 Å². The van der Waals surface area contributed by atoms with E-state index < -0.39 is 15.6 Å². The van der Waals surface area contributed by atoms with Gasteiger partial charge in [0.2, 0.25) is 10.0 Å². The monoisotopic (exact) mass is 400 g/mol. The molecule has 2 N–H and O–H groups in total. The van der Waals surface area contributed by atoms with Crippen molar-refractivity contribution in [3.63, 3.8) is 0 Å². The lowest BCUT2D eigenvalue weighted by Crippen LogP contribution is -2.44. The van der Waals surface area contributed by atoms with Gasteiger partial charge in [0.1, 0.15) is 0 Å². The first-order chi connectivity index (χ1) is 11.8. The van der Waals surface area contributed by atoms with Gasteiger partial charge in [0.15, 0.2) is 5.82 Å². The lowest BCUT2D eigenvalue weighted by molar-refractivity contribution is 0.229. The molecule has 7 nitrogen and oxygen atoms in total. The predicted octanol–water partition coefficient (Wildman–Crippen LogP) is 2.84. The summed E-state index contributed by atoms with van der Waals surface area (Å²) < 4.78 is 32.3. The zero-order chi connectivity index (χ0) is 18.2. The minimum atomic E-state index is -3.54. The van der Waals surface area contributed by atoms with Crippen molar-refractivity contribution >= 4 is 22.4 Å². The summed E-state index contributed by atoms with van der Waals surface area (Å²) in [5.41, 5.74) is 7.22. The molecule has 2 aromatic rings. The Morgan fingerprint density at radius 2 is 1.92 bits per heavy atom. The molecular weight excluding hydrogens is 376 g/mol. The largest absolute Gasteiger partial charge is 0.334 e. The summed E-state index contributed by atoms with van der Waals surface area (Å²) >= 11 is 0. The summed E-state index contributed by atoms with van der Waals surface area (Å²) in [4.78, 5) is 4.66. The van der Waals surface area contributed by atoms with Crippen LogP contribution in [0.2, 0.25) is 0 Å². The van der Waals surface area contributed by atoms with Crippen LogP contribution in [0.15, 0.2) is 27.6 Å². The molecule has 1 aromatic heterocycles. The molecule has 1 fully saturated rings. The van der Waals surface area contributed by atoms with E-state index in [0.29, 0.717) is 30.4 Å². The van der Waals surface area contributed by atoms with Crippen LogP contribution in [-0.4, -0.2) is 36.0 Å². The Morgan fingerprint density at radius 3 is 2.46 bits per heavy atom. The molecule has 3 rings (SSSR count). The van der Waals surface area contributed by atoms with Gasteiger partial charge in [0, 0.05) is 18.7 Å². The number of hydrogen-bond acceptors (Lipinski definition) is 6. The summed E-state index contributed by atoms with van der Waals surface area (Å²) in [7, 11) is -3.54. The normalized spacial score (nSPS) is 16.2. The van der Waals surface area contributed by atoms with Crippen molar-refractivity contribution in [1.29, 1.82) is 0 Å². The number of hydrogen-bond donors (Lipinski definition) is 1. The highest BCUT2D eigenvalue weighted by Crippen LogP contribution is 2.38. The van der Waals surface area contributed by atoms with E-state index in [1.165, 1.54) is 4.31 Å². The Bertz CT molecular complexity index is 874. The van der Waals surface area contributed by atoms with Crippen LogP contribution < -0.4 is 5.73 Å². The van der Waals surface area contributed by atoms with Crippen molar-refractivity contribution in [2.75, 3.05) is 13.1 Å². The second-order valence-corrected chi connectivity index (χ2v) is 8.44. The third-order valence-corrected chi connectivity index (χ3v) is 6.95. The average molecular weight is 401 g/mol. The summed E-state index contributed by atoms with van der Waals surface area (Å²) in [5, 5.41) is 4.02. The molecule has 0 aliphatic heterocycles. The van der Waals surface area contributed by atoms with Gasteiger partial charge >= 0.3 is 0 Å². The zero-order valence-corrected chi connectivity index (χ0v) is 16.9. The number of benzene rings is 1. The van der Waals surface area contributed by atoms with Gasteiger partial charge in [-0.25, -0.2) is 8.42 Å². The molecule has 1 aliphatic carbocycles. The first kappa shape index (κ1) is 20.8. The van der Waals surface area contributed by atoms with Crippen LogP contribution in [-0.2, 0) is 15.6 Å². The molecule has 26 heavy (non-hydrogen) atoms. The van der Waals surface area contributed by atoms with Crippen molar-refractivity contribution in [2.45, 2.75) is 50.5 Å². The van der Waals surface area contributed by atoms with Gasteiger partial charge in [-0.15, -0.1) is 12.4 Å². The molecule has 0 radical (unpaired) electrons. The summed E-state index contributed by atoms with van der Waals surface area (Å²) in [6.45, 7) is 6.36. The quantitative estimate of drug-likeness (QED) is 0.799. The highest BCUT2D eigenvalue weighted by atomic mass is 35.5. The minimum Gasteiger partial charge on any atom is -0.334 e. The molecule has 0 unspecified atom stereocenters. The van der Waals surface area contributed by atoms with Gasteiger partial charge in [-0.2, -0.15) is 9.29 Å². The van der Waals surface area contributed by atoms with Gasteiger partial charge in [0.05, 0.1) is 10.4 Å². The lowest BCUT2D eigenvalue weighted by Gasteiger charge is -2.34. The maximum Gasteiger partial charge on any atom is 0.258 e. The Labute approximate surface area is 160 Å². The Kier molecular flexibility index (Phi) is 6.12. The Hall–Kier alpha value is -1.48. The summed E-state index contributed by atoms with van der Waals surface area (Å²) in [5.74, 6) is 0.797. The number of halogens is 1. The lowest BCUT2D eigenvalue weighted by atomic mass is 9.77. The SMILES string of the molecule is CCN(CC)S(=O)(=O)c1ccc(C)c(-c2nc(C3(N)CCC3)no2)c1.Cl. The molecule has 0 bridgehead atoms. The number of aryl methyl sites for hydroxylation is 1. The Morgan fingerprint density at radius 1 is 1.27 bits per heavy atom. The molecule has 0 atom stereocenters. The van der Waals surface area contributed by atoms with Crippen LogP contribution in [0.1, 0.15) is 44.5 Å². The van der Waals surface area contributed by atoms with E-state index in [4.69, 9.17) is 10.3 Å². The Balaban J connectivity index is 0.00000243. The molecule has 1 heterocycles. The zero-order valence-electron chi connectivity index (χ0n) is 15.2. The molecular formula is C17H25ClN4O3S. The maximum absolute atomic E-state index is 12.7. The molecule has 1 saturated carbocycles. The van der Waals surface area contributed by atoms with Crippen LogP contribution in [0.3, 0.4) is 0 Å². The molecule has 1 aliphatic rings. The molecule has 0 spiro atoms. The number of sulfonamides is 1. The second kappa shape index (κ2) is 7.64. The minimum absolute atomic E-state index is 0. The van der Waals surface area contributed by atoms with Gasteiger partial charge in [-0.3, -0.25) is 0 Å². The molecule has 0 saturated heterocycles. The fourth-order valence-electron chi connectivity index (χ4n) is 3.02. The van der Waals surface area contributed by atoms with Crippen LogP contribution in [0.25, 0.3) is 11.5 Å². The van der Waals surface area contributed by atoms with E-state index in [-0.39, 0.29) is 17.3 Å². The average Bonchev–Trinajstić information content (AvgIpc) is 3.03. The van der Waals surface area contributed by atoms with E-state index >= 15 is 0 Å². The first-order valence-corrected chi connectivity index (χ1v) is 10.00. The summed E-state index contributed by atoms with van der Waals surface area (Å²) in [6, 6.07) is 4.97. The maximum atomic E-state index is 12.7. The van der Waals surface area contributed by atoms with Crippen LogP contribution >= 0.6 is 12.4 Å². The highest BCUT2D eigenvalue weighted by molar-refractivity contribution is 7.89. The topological polar surface area (TPSA) is 102 Å². The van der Waals surface area contributed by atoms with E-state index in [1.807, 2.05) is 20.8 Å². The standard InChI is InChI=1S/C17H24N4O3S.ClH/c1-4-21(5-2)25(22,23)13-8-7-12(3)14(11-13)15-19-16(20-24-15)17(18)9-6-10-17;/h7-8,11H,4-6,9-10,18H2,1-3H3;1H. The number of aromatic nitrogens is 2. The van der Waals surface area contributed by atoms with Crippen molar-refractivity contribution in [1.82, 2.24) is 14.4 Å². The van der Waals surface area contributed by atoms with E-state index in [1.54, 1.807) is 18.2 Å². The van der Waals surface area contributed by atoms with Gasteiger partial charge in [0.25, 0.3) is 5.89 Å². The molecule has 9 heteroatoms. The first-order valence-electron chi connectivity index (χ1n) is 8.56. The third kappa shape index (κ3) is 3.51. The smallest absolute Gasteiger partial charge is 0.258 e. The van der Waals surface area contributed by atoms with Crippen LogP contribution in [0.4, 0.5) is 0 Å². The fraction of sp³-hybridized carbons (Fsp3) is 0.529. The van der Waals surface area contributed by atoms with Gasteiger partial charge < -0.3 is 10.3 Å². The van der Waals surface area contributed by atoms with Crippen molar-refractivity contribution in [2.24, 2.45) is 5.73 Å². The van der Waals surface area contributed by atoms with Crippen molar-refractivity contribution < 1.29 is 12.9 Å². The van der Waals surface area contributed by atoms with E-state index in [2.05, 4.69) is 10.1 Å². The number of nitrogens with zero attached hydrogens (tertiary/aromatic N) is 3. The van der Waals surface area contributed by atoms with Gasteiger partial charge in [-0.1, -0.05) is 25.1 Å². The van der Waals surface area contributed by atoms with E-state index in [9.17, 15) is 8.42 Å².